The van der Waals surface area contributed by atoms with Crippen molar-refractivity contribution < 1.29 is 14.3 Å². The molecule has 2 aromatic rings. The first-order valence-corrected chi connectivity index (χ1v) is 8.50. The summed E-state index contributed by atoms with van der Waals surface area (Å²) < 4.78 is 10.8. The van der Waals surface area contributed by atoms with Crippen molar-refractivity contribution in [2.75, 3.05) is 37.1 Å². The zero-order chi connectivity index (χ0) is 18.0. The quantitative estimate of drug-likeness (QED) is 0.853. The Morgan fingerprint density at radius 1 is 1.04 bits per heavy atom. The molecule has 3 rings (SSSR count). The van der Waals surface area contributed by atoms with E-state index in [0.717, 1.165) is 17.9 Å². The second-order valence-electron chi connectivity index (χ2n) is 6.08. The molecular formula is C20H24N2O3. The van der Waals surface area contributed by atoms with Crippen LogP contribution >= 0.6 is 0 Å². The van der Waals surface area contributed by atoms with Crippen molar-refractivity contribution in [3.8, 4) is 11.5 Å². The summed E-state index contributed by atoms with van der Waals surface area (Å²) in [6, 6.07) is 13.6. The van der Waals surface area contributed by atoms with E-state index in [1.54, 1.807) is 26.4 Å². The van der Waals surface area contributed by atoms with Gasteiger partial charge in [-0.2, -0.15) is 0 Å². The van der Waals surface area contributed by atoms with Crippen LogP contribution < -0.4 is 19.3 Å². The van der Waals surface area contributed by atoms with E-state index in [1.807, 2.05) is 29.2 Å². The van der Waals surface area contributed by atoms with Crippen molar-refractivity contribution in [2.45, 2.75) is 19.9 Å². The summed E-state index contributed by atoms with van der Waals surface area (Å²) in [6.45, 7) is 5.79. The molecule has 0 aliphatic carbocycles. The number of hydrogen-bond donors (Lipinski definition) is 0. The van der Waals surface area contributed by atoms with Crippen molar-refractivity contribution in [3.05, 3.63) is 48.0 Å². The molecule has 132 valence electrons. The van der Waals surface area contributed by atoms with Gasteiger partial charge in [-0.1, -0.05) is 18.2 Å². The molecular weight excluding hydrogens is 316 g/mol. The minimum absolute atomic E-state index is 0.107. The zero-order valence-electron chi connectivity index (χ0n) is 15.2. The Morgan fingerprint density at radius 2 is 1.64 bits per heavy atom. The van der Waals surface area contributed by atoms with Gasteiger partial charge in [0, 0.05) is 19.1 Å². The van der Waals surface area contributed by atoms with Gasteiger partial charge in [0.2, 0.25) is 0 Å². The Morgan fingerprint density at radius 3 is 2.20 bits per heavy atom. The van der Waals surface area contributed by atoms with E-state index in [0.29, 0.717) is 23.6 Å². The number of ether oxygens (including phenoxy) is 2. The van der Waals surface area contributed by atoms with Gasteiger partial charge in [0.15, 0.2) is 0 Å². The molecule has 0 saturated carbocycles. The number of rotatable bonds is 4. The molecule has 1 heterocycles. The number of carbonyl (C=O) groups is 1. The molecule has 0 N–H and O–H groups in total. The van der Waals surface area contributed by atoms with Crippen molar-refractivity contribution in [2.24, 2.45) is 0 Å². The van der Waals surface area contributed by atoms with Gasteiger partial charge in [-0.3, -0.25) is 4.79 Å². The smallest absolute Gasteiger partial charge is 0.265 e. The Labute approximate surface area is 148 Å². The third kappa shape index (κ3) is 2.90. The summed E-state index contributed by atoms with van der Waals surface area (Å²) in [4.78, 5) is 17.6. The molecule has 5 nitrogen and oxygen atoms in total. The maximum atomic E-state index is 13.4. The Hall–Kier alpha value is -2.69. The Kier molecular flexibility index (Phi) is 4.83. The fraction of sp³-hybridized carbons (Fsp3) is 0.350. The van der Waals surface area contributed by atoms with Gasteiger partial charge in [-0.05, 0) is 38.1 Å². The molecule has 0 spiro atoms. The lowest BCUT2D eigenvalue weighted by Crippen LogP contribution is -2.49. The summed E-state index contributed by atoms with van der Waals surface area (Å²) in [5, 5.41) is 0. The third-order valence-corrected chi connectivity index (χ3v) is 4.69. The number of para-hydroxylation sites is 2. The van der Waals surface area contributed by atoms with Crippen LogP contribution in [0.25, 0.3) is 0 Å². The monoisotopic (exact) mass is 340 g/mol. The van der Waals surface area contributed by atoms with Crippen LogP contribution in [0.5, 0.6) is 11.5 Å². The Balaban J connectivity index is 2.10. The molecule has 25 heavy (non-hydrogen) atoms. The average Bonchev–Trinajstić information content (AvgIpc) is 2.66. The lowest BCUT2D eigenvalue weighted by atomic mass is 10.0. The summed E-state index contributed by atoms with van der Waals surface area (Å²) in [5.41, 5.74) is 2.45. The van der Waals surface area contributed by atoms with E-state index < -0.39 is 0 Å². The summed E-state index contributed by atoms with van der Waals surface area (Å²) in [6.07, 6.45) is 0. The molecule has 1 unspecified atom stereocenters. The number of fused-ring (bicyclic) bond motifs is 1. The lowest BCUT2D eigenvalue weighted by Gasteiger charge is -2.42. The minimum Gasteiger partial charge on any atom is -0.496 e. The van der Waals surface area contributed by atoms with E-state index in [9.17, 15) is 4.79 Å². The number of hydrogen-bond acceptors (Lipinski definition) is 4. The minimum atomic E-state index is -0.107. The fourth-order valence-electron chi connectivity index (χ4n) is 3.51. The summed E-state index contributed by atoms with van der Waals surface area (Å²) in [7, 11) is 3.13. The van der Waals surface area contributed by atoms with Crippen molar-refractivity contribution in [1.82, 2.24) is 0 Å². The molecule has 1 amide bonds. The van der Waals surface area contributed by atoms with Crippen molar-refractivity contribution >= 4 is 17.3 Å². The van der Waals surface area contributed by atoms with Gasteiger partial charge in [0.25, 0.3) is 5.91 Å². The maximum Gasteiger partial charge on any atom is 0.265 e. The molecule has 1 aliphatic rings. The van der Waals surface area contributed by atoms with Gasteiger partial charge in [-0.15, -0.1) is 0 Å². The van der Waals surface area contributed by atoms with Gasteiger partial charge < -0.3 is 19.3 Å². The predicted molar refractivity (Wildman–Crippen MR) is 100 cm³/mol. The highest BCUT2D eigenvalue weighted by Gasteiger charge is 2.33. The lowest BCUT2D eigenvalue weighted by molar-refractivity contribution is 0.0978. The largest absolute Gasteiger partial charge is 0.496 e. The highest BCUT2D eigenvalue weighted by molar-refractivity contribution is 6.11. The number of amides is 1. The number of benzene rings is 2. The van der Waals surface area contributed by atoms with E-state index >= 15 is 0 Å². The summed E-state index contributed by atoms with van der Waals surface area (Å²) in [5.74, 6) is 0.934. The SMILES string of the molecule is CCN1c2ccccc2N(C(=O)c2c(OC)cccc2OC)CC1C. The molecule has 0 bridgehead atoms. The second kappa shape index (κ2) is 7.05. The van der Waals surface area contributed by atoms with Crippen LogP contribution in [0.2, 0.25) is 0 Å². The molecule has 2 aromatic carbocycles. The van der Waals surface area contributed by atoms with Crippen LogP contribution in [0.3, 0.4) is 0 Å². The standard InChI is InChI=1S/C20H24N2O3/c1-5-21-14(2)13-22(16-10-7-6-9-15(16)21)20(23)19-17(24-3)11-8-12-18(19)25-4/h6-12,14H,5,13H2,1-4H3. The van der Waals surface area contributed by atoms with Gasteiger partial charge in [0.05, 0.1) is 25.6 Å². The number of likely N-dealkylation sites (N-methyl/N-ethyl adjacent to an activating group) is 1. The van der Waals surface area contributed by atoms with E-state index in [-0.39, 0.29) is 11.9 Å². The van der Waals surface area contributed by atoms with Crippen LogP contribution in [0.1, 0.15) is 24.2 Å². The molecule has 5 heteroatoms. The van der Waals surface area contributed by atoms with Crippen molar-refractivity contribution in [1.29, 1.82) is 0 Å². The van der Waals surface area contributed by atoms with Crippen LogP contribution in [0, 0.1) is 0 Å². The van der Waals surface area contributed by atoms with Crippen LogP contribution in [-0.4, -0.2) is 39.3 Å². The van der Waals surface area contributed by atoms with Gasteiger partial charge in [-0.25, -0.2) is 0 Å². The normalized spacial score (nSPS) is 16.4. The third-order valence-electron chi connectivity index (χ3n) is 4.69. The number of anilines is 2. The number of nitrogens with zero attached hydrogens (tertiary/aromatic N) is 2. The first-order chi connectivity index (χ1) is 12.1. The first-order valence-electron chi connectivity index (χ1n) is 8.50. The van der Waals surface area contributed by atoms with E-state index in [4.69, 9.17) is 9.47 Å². The average molecular weight is 340 g/mol. The van der Waals surface area contributed by atoms with E-state index in [1.165, 1.54) is 0 Å². The number of carbonyl (C=O) groups excluding carboxylic acids is 1. The molecule has 1 aliphatic heterocycles. The zero-order valence-corrected chi connectivity index (χ0v) is 15.2. The first kappa shape index (κ1) is 17.1. The molecule has 0 aromatic heterocycles. The fourth-order valence-corrected chi connectivity index (χ4v) is 3.51. The summed E-state index contributed by atoms with van der Waals surface area (Å²) >= 11 is 0. The van der Waals surface area contributed by atoms with Crippen LogP contribution in [-0.2, 0) is 0 Å². The number of methoxy groups -OCH3 is 2. The highest BCUT2D eigenvalue weighted by atomic mass is 16.5. The van der Waals surface area contributed by atoms with Gasteiger partial charge >= 0.3 is 0 Å². The molecule has 0 radical (unpaired) electrons. The van der Waals surface area contributed by atoms with Crippen LogP contribution in [0.4, 0.5) is 11.4 Å². The predicted octanol–water partition coefficient (Wildman–Crippen LogP) is 3.58. The maximum absolute atomic E-state index is 13.4. The van der Waals surface area contributed by atoms with E-state index in [2.05, 4.69) is 24.8 Å². The highest BCUT2D eigenvalue weighted by Crippen LogP contribution is 2.38. The van der Waals surface area contributed by atoms with Crippen LogP contribution in [0.15, 0.2) is 42.5 Å². The molecule has 1 atom stereocenters. The topological polar surface area (TPSA) is 42.0 Å². The molecule has 0 fully saturated rings. The second-order valence-corrected chi connectivity index (χ2v) is 6.08. The molecule has 0 saturated heterocycles. The van der Waals surface area contributed by atoms with Gasteiger partial charge in [0.1, 0.15) is 17.1 Å². The Bertz CT molecular complexity index is 753. The van der Waals surface area contributed by atoms with Crippen molar-refractivity contribution in [3.63, 3.8) is 0 Å².